The van der Waals surface area contributed by atoms with Gasteiger partial charge < -0.3 is 0 Å². The molecule has 0 bridgehead atoms. The Morgan fingerprint density at radius 2 is 0.969 bits per heavy atom. The predicted molar refractivity (Wildman–Crippen MR) is 276 cm³/mol. The topological polar surface area (TPSA) is 24.7 Å². The second-order valence-corrected chi connectivity index (χ2v) is 18.3. The SMILES string of the molecule is CCC1C(c2ccccc2)=NC(c2ccc(-c3ccc(-c4ccc(C5=N/C(c6ccccc6)=C\C(c6ccccc6)CCC5)cc4)c4ccccc34)cc2)C(C)C(C)C1c1ccccc1. The van der Waals surface area contributed by atoms with Gasteiger partial charge in [0.2, 0.25) is 0 Å². The first kappa shape index (κ1) is 42.1. The van der Waals surface area contributed by atoms with Crippen LogP contribution in [-0.2, 0) is 0 Å². The fourth-order valence-corrected chi connectivity index (χ4v) is 10.9. The molecule has 0 N–H and O–H groups in total. The smallest absolute Gasteiger partial charge is 0.0780 e. The van der Waals surface area contributed by atoms with Gasteiger partial charge in [-0.25, -0.2) is 0 Å². The third kappa shape index (κ3) is 8.71. The van der Waals surface area contributed by atoms with Crippen molar-refractivity contribution in [2.24, 2.45) is 27.7 Å². The summed E-state index contributed by atoms with van der Waals surface area (Å²) >= 11 is 0. The molecule has 6 unspecified atom stereocenters. The Balaban J connectivity index is 0.957. The second kappa shape index (κ2) is 19.1. The van der Waals surface area contributed by atoms with E-state index in [0.717, 1.165) is 42.7 Å². The average Bonchev–Trinajstić information content (AvgIpc) is 3.47. The highest BCUT2D eigenvalue weighted by Crippen LogP contribution is 2.48. The molecule has 10 rings (SSSR count). The van der Waals surface area contributed by atoms with Crippen LogP contribution in [0.2, 0.25) is 0 Å². The second-order valence-electron chi connectivity index (χ2n) is 18.3. The van der Waals surface area contributed by atoms with Crippen LogP contribution in [-0.4, -0.2) is 11.4 Å². The summed E-state index contributed by atoms with van der Waals surface area (Å²) in [6.07, 6.45) is 6.55. The lowest BCUT2D eigenvalue weighted by atomic mass is 9.69. The van der Waals surface area contributed by atoms with Crippen molar-refractivity contribution in [2.45, 2.75) is 64.3 Å². The monoisotopic (exact) mass is 842 g/mol. The van der Waals surface area contributed by atoms with Crippen LogP contribution in [0.15, 0.2) is 222 Å². The summed E-state index contributed by atoms with van der Waals surface area (Å²) in [5.74, 6) is 1.83. The minimum Gasteiger partial charge on any atom is -0.280 e. The average molecular weight is 843 g/mol. The molecule has 2 aliphatic heterocycles. The molecule has 65 heavy (non-hydrogen) atoms. The lowest BCUT2D eigenvalue weighted by Gasteiger charge is -2.34. The maximum Gasteiger partial charge on any atom is 0.0780 e. The van der Waals surface area contributed by atoms with Crippen LogP contribution in [0.5, 0.6) is 0 Å². The van der Waals surface area contributed by atoms with E-state index >= 15 is 0 Å². The summed E-state index contributed by atoms with van der Waals surface area (Å²) in [4.78, 5) is 11.2. The summed E-state index contributed by atoms with van der Waals surface area (Å²) in [6.45, 7) is 7.22. The Morgan fingerprint density at radius 3 is 1.55 bits per heavy atom. The molecule has 0 aromatic heterocycles. The minimum atomic E-state index is 0.0552. The van der Waals surface area contributed by atoms with Gasteiger partial charge >= 0.3 is 0 Å². The van der Waals surface area contributed by atoms with Crippen molar-refractivity contribution < 1.29 is 0 Å². The first-order valence-electron chi connectivity index (χ1n) is 23.8. The molecule has 2 heteroatoms. The van der Waals surface area contributed by atoms with E-state index in [0.29, 0.717) is 29.6 Å². The van der Waals surface area contributed by atoms with E-state index in [1.165, 1.54) is 66.6 Å². The number of hydrogen-bond acceptors (Lipinski definition) is 2. The van der Waals surface area contributed by atoms with Gasteiger partial charge in [0.1, 0.15) is 0 Å². The predicted octanol–water partition coefficient (Wildman–Crippen LogP) is 16.6. The Hall–Kier alpha value is -6.90. The molecule has 6 atom stereocenters. The molecule has 0 radical (unpaired) electrons. The summed E-state index contributed by atoms with van der Waals surface area (Å²) in [5.41, 5.74) is 16.0. The van der Waals surface area contributed by atoms with Crippen LogP contribution < -0.4 is 0 Å². The summed E-state index contributed by atoms with van der Waals surface area (Å²) in [5, 5.41) is 2.52. The third-order valence-corrected chi connectivity index (χ3v) is 14.5. The van der Waals surface area contributed by atoms with Gasteiger partial charge in [-0.05, 0) is 110 Å². The van der Waals surface area contributed by atoms with Gasteiger partial charge in [-0.3, -0.25) is 9.98 Å². The van der Waals surface area contributed by atoms with Crippen molar-refractivity contribution in [1.82, 2.24) is 0 Å². The van der Waals surface area contributed by atoms with Crippen molar-refractivity contribution in [3.05, 3.63) is 246 Å². The summed E-state index contributed by atoms with van der Waals surface area (Å²) in [6, 6.07) is 75.7. The lowest BCUT2D eigenvalue weighted by Crippen LogP contribution is -2.28. The number of aliphatic imine (C=N–C) groups is 2. The van der Waals surface area contributed by atoms with E-state index in [1.54, 1.807) is 0 Å². The van der Waals surface area contributed by atoms with Crippen molar-refractivity contribution >= 4 is 27.9 Å². The summed E-state index contributed by atoms with van der Waals surface area (Å²) < 4.78 is 0. The van der Waals surface area contributed by atoms with Crippen LogP contribution >= 0.6 is 0 Å². The van der Waals surface area contributed by atoms with Crippen LogP contribution in [0, 0.1) is 17.8 Å². The van der Waals surface area contributed by atoms with E-state index in [1.807, 2.05) is 0 Å². The maximum absolute atomic E-state index is 5.76. The molecule has 0 saturated carbocycles. The van der Waals surface area contributed by atoms with Crippen molar-refractivity contribution in [1.29, 1.82) is 0 Å². The Bertz CT molecular complexity index is 2950. The molecular formula is C63H58N2. The molecular weight excluding hydrogens is 785 g/mol. The molecule has 0 aliphatic carbocycles. The normalized spacial score (nSPS) is 22.1. The molecule has 0 fully saturated rings. The molecule has 0 spiro atoms. The van der Waals surface area contributed by atoms with Gasteiger partial charge in [0.15, 0.2) is 0 Å². The largest absolute Gasteiger partial charge is 0.280 e. The summed E-state index contributed by atoms with van der Waals surface area (Å²) in [7, 11) is 0. The maximum atomic E-state index is 5.76. The molecule has 0 amide bonds. The zero-order valence-electron chi connectivity index (χ0n) is 37.9. The van der Waals surface area contributed by atoms with Crippen molar-refractivity contribution in [2.75, 3.05) is 0 Å². The standard InChI is InChI=1S/C63H58N2/c1-4-54-61(50-24-13-7-14-25-50)43(2)44(3)62(65-63(54)51-26-15-8-16-27-51)52-38-34-47(35-39-52)56-41-40-55(57-29-17-18-30-58(56)57)46-32-36-49(37-33-46)59-31-19-28-53(45-20-9-5-10-21-45)42-60(64-59)48-22-11-6-12-23-48/h5-18,20-27,29-30,32-44,53-54,61-62H,4,19,28,31H2,1-3H3/b60-42-,64-59?. The van der Waals surface area contributed by atoms with Crippen molar-refractivity contribution in [3.8, 4) is 22.3 Å². The molecule has 8 aromatic rings. The van der Waals surface area contributed by atoms with Crippen LogP contribution in [0.4, 0.5) is 0 Å². The highest BCUT2D eigenvalue weighted by Gasteiger charge is 2.40. The number of allylic oxidation sites excluding steroid dienone is 1. The fraction of sp³-hybridized carbons (Fsp3) is 0.206. The molecule has 320 valence electrons. The Labute approximate surface area is 386 Å². The molecule has 2 nitrogen and oxygen atoms in total. The zero-order chi connectivity index (χ0) is 44.1. The quantitative estimate of drug-likeness (QED) is 0.138. The Kier molecular flexibility index (Phi) is 12.3. The van der Waals surface area contributed by atoms with Gasteiger partial charge in [-0.1, -0.05) is 233 Å². The van der Waals surface area contributed by atoms with Gasteiger partial charge in [0.25, 0.3) is 0 Å². The minimum absolute atomic E-state index is 0.0552. The zero-order valence-corrected chi connectivity index (χ0v) is 37.9. The molecule has 2 heterocycles. The number of hydrogen-bond donors (Lipinski definition) is 0. The van der Waals surface area contributed by atoms with Gasteiger partial charge in [0, 0.05) is 23.3 Å². The lowest BCUT2D eigenvalue weighted by molar-refractivity contribution is 0.266. The van der Waals surface area contributed by atoms with E-state index in [2.05, 4.69) is 233 Å². The number of nitrogens with zero attached hydrogens (tertiary/aromatic N) is 2. The van der Waals surface area contributed by atoms with Crippen LogP contribution in [0.3, 0.4) is 0 Å². The first-order chi connectivity index (χ1) is 32.0. The van der Waals surface area contributed by atoms with Gasteiger partial charge in [-0.15, -0.1) is 0 Å². The van der Waals surface area contributed by atoms with E-state index in [-0.39, 0.29) is 6.04 Å². The third-order valence-electron chi connectivity index (χ3n) is 14.5. The highest BCUT2D eigenvalue weighted by molar-refractivity contribution is 6.07. The Morgan fingerprint density at radius 1 is 0.462 bits per heavy atom. The molecule has 2 aliphatic rings. The molecule has 0 saturated heterocycles. The van der Waals surface area contributed by atoms with Gasteiger partial charge in [0.05, 0.1) is 11.7 Å². The first-order valence-corrected chi connectivity index (χ1v) is 23.8. The highest BCUT2D eigenvalue weighted by atomic mass is 14.8. The number of rotatable bonds is 9. The number of benzene rings is 8. The van der Waals surface area contributed by atoms with Crippen LogP contribution in [0.1, 0.15) is 97.7 Å². The van der Waals surface area contributed by atoms with Gasteiger partial charge in [-0.2, -0.15) is 0 Å². The van der Waals surface area contributed by atoms with Crippen LogP contribution in [0.25, 0.3) is 38.7 Å². The van der Waals surface area contributed by atoms with E-state index in [9.17, 15) is 0 Å². The number of fused-ring (bicyclic) bond motifs is 1. The van der Waals surface area contributed by atoms with E-state index < -0.39 is 0 Å². The fourth-order valence-electron chi connectivity index (χ4n) is 10.9. The van der Waals surface area contributed by atoms with Crippen molar-refractivity contribution in [3.63, 3.8) is 0 Å². The molecule has 8 aromatic carbocycles. The van der Waals surface area contributed by atoms with E-state index in [4.69, 9.17) is 9.98 Å².